The zero-order chi connectivity index (χ0) is 10.7. The Morgan fingerprint density at radius 1 is 1.57 bits per heavy atom. The van der Waals surface area contributed by atoms with E-state index in [9.17, 15) is 4.79 Å². The first kappa shape index (κ1) is 10.8. The maximum atomic E-state index is 10.4. The van der Waals surface area contributed by atoms with E-state index in [-0.39, 0.29) is 5.17 Å². The molecule has 1 N–H and O–H groups in total. The molecule has 1 radical (unpaired) electrons. The monoisotopic (exact) mass is 216 g/mol. The second-order valence-electron chi connectivity index (χ2n) is 2.85. The van der Waals surface area contributed by atoms with Crippen molar-refractivity contribution in [1.29, 1.82) is 0 Å². The smallest absolute Gasteiger partial charge is 0.292 e. The number of halogens is 1. The number of hydrazone groups is 1. The summed E-state index contributed by atoms with van der Waals surface area (Å²) in [6.45, 7) is 0. The molecular formula is C7H11ClN5O. The van der Waals surface area contributed by atoms with Gasteiger partial charge in [0.2, 0.25) is 0 Å². The largest absolute Gasteiger partial charge is 0.317 e. The fraction of sp³-hybridized carbons (Fsp3) is 0.429. The highest BCUT2D eigenvalue weighted by molar-refractivity contribution is 6.68. The number of rotatable bonds is 3. The van der Waals surface area contributed by atoms with Crippen LogP contribution in [0.25, 0.3) is 0 Å². The van der Waals surface area contributed by atoms with E-state index in [4.69, 9.17) is 11.6 Å². The minimum atomic E-state index is 0.287. The standard InChI is InChI=1S/C7H11ClN5O/c1-11(2)13-9-6(8)4-7(10-13)12(3)5-14/h4,10H,1-3H3. The van der Waals surface area contributed by atoms with Crippen LogP contribution in [0.5, 0.6) is 0 Å². The zero-order valence-electron chi connectivity index (χ0n) is 8.15. The Morgan fingerprint density at radius 2 is 2.21 bits per heavy atom. The van der Waals surface area contributed by atoms with Crippen LogP contribution in [0.3, 0.4) is 0 Å². The Morgan fingerprint density at radius 3 is 2.71 bits per heavy atom. The molecule has 6 nitrogen and oxygen atoms in total. The molecular weight excluding hydrogens is 206 g/mol. The third-order valence-electron chi connectivity index (χ3n) is 1.54. The van der Waals surface area contributed by atoms with Crippen molar-refractivity contribution >= 4 is 23.2 Å². The summed E-state index contributed by atoms with van der Waals surface area (Å²) in [5.41, 5.74) is 2.85. The van der Waals surface area contributed by atoms with E-state index in [0.29, 0.717) is 5.82 Å². The minimum absolute atomic E-state index is 0.287. The van der Waals surface area contributed by atoms with Crippen LogP contribution in [0.2, 0.25) is 0 Å². The highest BCUT2D eigenvalue weighted by Crippen LogP contribution is 2.07. The SMILES string of the molecule is CN([C]=O)C1=CC(Cl)=NN(N(C)C)N1. The average molecular weight is 217 g/mol. The van der Waals surface area contributed by atoms with Crippen molar-refractivity contribution < 1.29 is 4.79 Å². The number of hydrogen-bond donors (Lipinski definition) is 1. The van der Waals surface area contributed by atoms with Gasteiger partial charge < -0.3 is 0 Å². The Kier molecular flexibility index (Phi) is 3.32. The van der Waals surface area contributed by atoms with Crippen molar-refractivity contribution in [1.82, 2.24) is 20.6 Å². The molecule has 7 heteroatoms. The van der Waals surface area contributed by atoms with Gasteiger partial charge in [0.05, 0.1) is 0 Å². The van der Waals surface area contributed by atoms with Crippen LogP contribution in [0.15, 0.2) is 17.0 Å². The second kappa shape index (κ2) is 4.30. The van der Waals surface area contributed by atoms with Gasteiger partial charge in [0, 0.05) is 27.2 Å². The van der Waals surface area contributed by atoms with Crippen molar-refractivity contribution in [3.05, 3.63) is 11.9 Å². The molecule has 0 aliphatic carbocycles. The fourth-order valence-corrected chi connectivity index (χ4v) is 0.977. The Bertz CT molecular complexity index is 288. The van der Waals surface area contributed by atoms with Crippen molar-refractivity contribution in [3.63, 3.8) is 0 Å². The van der Waals surface area contributed by atoms with Crippen molar-refractivity contribution in [2.24, 2.45) is 5.10 Å². The van der Waals surface area contributed by atoms with Gasteiger partial charge in [-0.3, -0.25) is 15.1 Å². The van der Waals surface area contributed by atoms with Crippen molar-refractivity contribution in [2.45, 2.75) is 0 Å². The maximum absolute atomic E-state index is 10.4. The molecule has 0 aromatic carbocycles. The van der Waals surface area contributed by atoms with Gasteiger partial charge in [-0.25, -0.2) is 0 Å². The average Bonchev–Trinajstić information content (AvgIpc) is 2.15. The Labute approximate surface area is 87.3 Å². The molecule has 0 aromatic rings. The summed E-state index contributed by atoms with van der Waals surface area (Å²) < 4.78 is 0. The molecule has 1 rings (SSSR count). The Hall–Kier alpha value is -1.27. The predicted octanol–water partition coefficient (Wildman–Crippen LogP) is -0.324. The topological polar surface area (TPSA) is 51.2 Å². The molecule has 0 saturated carbocycles. The summed E-state index contributed by atoms with van der Waals surface area (Å²) in [6, 6.07) is 0. The number of nitrogens with one attached hydrogen (secondary N) is 1. The summed E-state index contributed by atoms with van der Waals surface area (Å²) in [7, 11) is 5.14. The van der Waals surface area contributed by atoms with E-state index < -0.39 is 0 Å². The lowest BCUT2D eigenvalue weighted by atomic mass is 10.5. The van der Waals surface area contributed by atoms with Crippen LogP contribution in [-0.2, 0) is 4.79 Å². The molecule has 0 atom stereocenters. The van der Waals surface area contributed by atoms with Gasteiger partial charge in [0.1, 0.15) is 5.82 Å². The van der Waals surface area contributed by atoms with Gasteiger partial charge in [-0.1, -0.05) is 11.6 Å². The van der Waals surface area contributed by atoms with Gasteiger partial charge in [0.25, 0.3) is 0 Å². The number of hydrazine groups is 2. The summed E-state index contributed by atoms with van der Waals surface area (Å²) in [5.74, 6) is 0.508. The first-order valence-corrected chi connectivity index (χ1v) is 4.23. The van der Waals surface area contributed by atoms with Gasteiger partial charge in [0.15, 0.2) is 5.17 Å². The highest BCUT2D eigenvalue weighted by atomic mass is 35.5. The number of hydrogen-bond acceptors (Lipinski definition) is 5. The number of carbonyl (C=O) groups excluding carboxylic acids is 1. The van der Waals surface area contributed by atoms with Crippen LogP contribution in [0, 0.1) is 0 Å². The Balaban J connectivity index is 2.81. The van der Waals surface area contributed by atoms with Gasteiger partial charge in [-0.05, 0) is 0 Å². The molecule has 0 aromatic heterocycles. The fourth-order valence-electron chi connectivity index (χ4n) is 0.802. The van der Waals surface area contributed by atoms with Crippen LogP contribution in [-0.4, -0.2) is 47.9 Å². The summed E-state index contributed by atoms with van der Waals surface area (Å²) in [5, 5.41) is 7.32. The lowest BCUT2D eigenvalue weighted by molar-refractivity contribution is -0.0215. The molecule has 1 aliphatic rings. The third kappa shape index (κ3) is 2.36. The van der Waals surface area contributed by atoms with Crippen LogP contribution < -0.4 is 5.43 Å². The van der Waals surface area contributed by atoms with Crippen LogP contribution in [0.4, 0.5) is 0 Å². The molecule has 0 unspecified atom stereocenters. The molecule has 1 heterocycles. The van der Waals surface area contributed by atoms with Gasteiger partial charge in [-0.2, -0.15) is 5.01 Å². The van der Waals surface area contributed by atoms with Crippen LogP contribution >= 0.6 is 11.6 Å². The minimum Gasteiger partial charge on any atom is -0.292 e. The van der Waals surface area contributed by atoms with E-state index in [1.807, 2.05) is 0 Å². The van der Waals surface area contributed by atoms with E-state index >= 15 is 0 Å². The lowest BCUT2D eigenvalue weighted by Crippen LogP contribution is -2.48. The van der Waals surface area contributed by atoms with E-state index in [0.717, 1.165) is 0 Å². The first-order valence-electron chi connectivity index (χ1n) is 3.86. The molecule has 1 amide bonds. The molecule has 0 fully saturated rings. The number of amides is 1. The van der Waals surface area contributed by atoms with Crippen molar-refractivity contribution in [3.8, 4) is 0 Å². The van der Waals surface area contributed by atoms with Gasteiger partial charge in [-0.15, -0.1) is 10.3 Å². The van der Waals surface area contributed by atoms with Crippen molar-refractivity contribution in [2.75, 3.05) is 21.1 Å². The second-order valence-corrected chi connectivity index (χ2v) is 3.24. The van der Waals surface area contributed by atoms with Crippen LogP contribution in [0.1, 0.15) is 0 Å². The molecule has 1 aliphatic heterocycles. The lowest BCUT2D eigenvalue weighted by Gasteiger charge is -2.31. The molecule has 0 spiro atoms. The zero-order valence-corrected chi connectivity index (χ0v) is 8.91. The molecule has 0 saturated heterocycles. The normalized spacial score (nSPS) is 15.9. The first-order chi connectivity index (χ1) is 6.54. The van der Waals surface area contributed by atoms with Gasteiger partial charge >= 0.3 is 6.41 Å². The quantitative estimate of drug-likeness (QED) is 0.657. The third-order valence-corrected chi connectivity index (χ3v) is 1.72. The summed E-state index contributed by atoms with van der Waals surface area (Å²) >= 11 is 5.76. The molecule has 14 heavy (non-hydrogen) atoms. The van der Waals surface area contributed by atoms with E-state index in [2.05, 4.69) is 10.5 Å². The molecule has 0 bridgehead atoms. The number of nitrogens with zero attached hydrogens (tertiary/aromatic N) is 4. The summed E-state index contributed by atoms with van der Waals surface area (Å²) in [4.78, 5) is 11.6. The summed E-state index contributed by atoms with van der Waals surface area (Å²) in [6.07, 6.45) is 3.24. The van der Waals surface area contributed by atoms with E-state index in [1.54, 1.807) is 32.6 Å². The predicted molar refractivity (Wildman–Crippen MR) is 53.5 cm³/mol. The molecule has 77 valence electrons. The highest BCUT2D eigenvalue weighted by Gasteiger charge is 2.16. The number of allylic oxidation sites excluding steroid dienone is 1. The van der Waals surface area contributed by atoms with E-state index in [1.165, 1.54) is 16.2 Å². The maximum Gasteiger partial charge on any atom is 0.317 e.